The Kier molecular flexibility index (Phi) is 3.66. The number of nitrogens with zero attached hydrogens (tertiary/aromatic N) is 3. The minimum Gasteiger partial charge on any atom is -0.378 e. The normalized spacial score (nSPS) is 16.4. The van der Waals surface area contributed by atoms with Crippen LogP contribution in [0.4, 0.5) is 11.4 Å². The van der Waals surface area contributed by atoms with Crippen molar-refractivity contribution in [2.45, 2.75) is 0 Å². The number of non-ortho nitro benzene ring substituents is 1. The first kappa shape index (κ1) is 11.5. The predicted molar refractivity (Wildman–Crippen MR) is 63.6 cm³/mol. The van der Waals surface area contributed by atoms with Crippen molar-refractivity contribution < 1.29 is 9.66 Å². The van der Waals surface area contributed by atoms with Gasteiger partial charge in [-0.25, -0.2) is 4.99 Å². The zero-order valence-electron chi connectivity index (χ0n) is 9.28. The van der Waals surface area contributed by atoms with Crippen LogP contribution in [0.1, 0.15) is 0 Å². The summed E-state index contributed by atoms with van der Waals surface area (Å²) in [5.41, 5.74) is 0.646. The van der Waals surface area contributed by atoms with Crippen LogP contribution in [0.3, 0.4) is 0 Å². The minimum absolute atomic E-state index is 0.0571. The van der Waals surface area contributed by atoms with Gasteiger partial charge in [0.1, 0.15) is 0 Å². The number of rotatable bonds is 3. The molecule has 0 spiro atoms. The van der Waals surface area contributed by atoms with Crippen molar-refractivity contribution in [3.05, 3.63) is 34.4 Å². The lowest BCUT2D eigenvalue weighted by molar-refractivity contribution is -0.384. The molecule has 0 saturated carbocycles. The molecule has 1 aromatic rings. The first-order valence-electron chi connectivity index (χ1n) is 5.36. The second kappa shape index (κ2) is 5.40. The summed E-state index contributed by atoms with van der Waals surface area (Å²) < 4.78 is 5.21. The van der Waals surface area contributed by atoms with Crippen LogP contribution < -0.4 is 0 Å². The Hall–Kier alpha value is -1.95. The monoisotopic (exact) mass is 235 g/mol. The third-order valence-corrected chi connectivity index (χ3v) is 2.46. The number of hydrogen-bond acceptors (Lipinski definition) is 4. The van der Waals surface area contributed by atoms with Crippen LogP contribution in [0.2, 0.25) is 0 Å². The van der Waals surface area contributed by atoms with Crippen molar-refractivity contribution in [2.75, 3.05) is 26.3 Å². The van der Waals surface area contributed by atoms with Gasteiger partial charge in [0, 0.05) is 25.2 Å². The Morgan fingerprint density at radius 3 is 2.88 bits per heavy atom. The fourth-order valence-electron chi connectivity index (χ4n) is 1.53. The van der Waals surface area contributed by atoms with Crippen molar-refractivity contribution in [1.82, 2.24) is 4.90 Å². The van der Waals surface area contributed by atoms with E-state index in [1.54, 1.807) is 18.5 Å². The summed E-state index contributed by atoms with van der Waals surface area (Å²) in [6.45, 7) is 3.00. The average molecular weight is 235 g/mol. The smallest absolute Gasteiger partial charge is 0.271 e. The Balaban J connectivity index is 2.04. The summed E-state index contributed by atoms with van der Waals surface area (Å²) in [5.74, 6) is 0. The van der Waals surface area contributed by atoms with Gasteiger partial charge in [0.2, 0.25) is 0 Å². The van der Waals surface area contributed by atoms with E-state index in [-0.39, 0.29) is 5.69 Å². The second-order valence-electron chi connectivity index (χ2n) is 3.67. The highest BCUT2D eigenvalue weighted by Gasteiger charge is 2.07. The van der Waals surface area contributed by atoms with E-state index < -0.39 is 4.92 Å². The van der Waals surface area contributed by atoms with Crippen molar-refractivity contribution in [2.24, 2.45) is 4.99 Å². The van der Waals surface area contributed by atoms with Crippen LogP contribution >= 0.6 is 0 Å². The van der Waals surface area contributed by atoms with Gasteiger partial charge in [-0.2, -0.15) is 0 Å². The number of benzene rings is 1. The van der Waals surface area contributed by atoms with Crippen LogP contribution in [0, 0.1) is 10.1 Å². The van der Waals surface area contributed by atoms with Gasteiger partial charge in [0.05, 0.1) is 30.2 Å². The molecule has 0 unspecified atom stereocenters. The summed E-state index contributed by atoms with van der Waals surface area (Å²) >= 11 is 0. The lowest BCUT2D eigenvalue weighted by Crippen LogP contribution is -2.34. The summed E-state index contributed by atoms with van der Waals surface area (Å²) in [6, 6.07) is 6.28. The third-order valence-electron chi connectivity index (χ3n) is 2.46. The highest BCUT2D eigenvalue weighted by molar-refractivity contribution is 5.62. The summed E-state index contributed by atoms with van der Waals surface area (Å²) in [4.78, 5) is 16.4. The van der Waals surface area contributed by atoms with E-state index in [9.17, 15) is 10.1 Å². The molecule has 2 rings (SSSR count). The molecule has 6 heteroatoms. The molecule has 0 aromatic heterocycles. The molecule has 1 saturated heterocycles. The maximum atomic E-state index is 10.6. The fraction of sp³-hybridized carbons (Fsp3) is 0.364. The largest absolute Gasteiger partial charge is 0.378 e. The van der Waals surface area contributed by atoms with Gasteiger partial charge in [0.15, 0.2) is 0 Å². The summed E-state index contributed by atoms with van der Waals surface area (Å²) in [5, 5.41) is 10.6. The zero-order valence-corrected chi connectivity index (χ0v) is 9.28. The van der Waals surface area contributed by atoms with Gasteiger partial charge in [-0.05, 0) is 6.07 Å². The van der Waals surface area contributed by atoms with Crippen molar-refractivity contribution >= 4 is 17.7 Å². The number of nitro benzene ring substituents is 1. The zero-order chi connectivity index (χ0) is 12.1. The van der Waals surface area contributed by atoms with E-state index in [1.807, 2.05) is 4.90 Å². The highest BCUT2D eigenvalue weighted by atomic mass is 16.6. The van der Waals surface area contributed by atoms with Crippen LogP contribution in [0.5, 0.6) is 0 Å². The van der Waals surface area contributed by atoms with Crippen LogP contribution in [-0.4, -0.2) is 42.5 Å². The highest BCUT2D eigenvalue weighted by Crippen LogP contribution is 2.19. The molecular weight excluding hydrogens is 222 g/mol. The molecule has 1 aliphatic rings. The molecule has 0 bridgehead atoms. The molecule has 0 aliphatic carbocycles. The molecule has 1 fully saturated rings. The third kappa shape index (κ3) is 3.25. The Morgan fingerprint density at radius 1 is 1.41 bits per heavy atom. The number of hydrogen-bond donors (Lipinski definition) is 0. The maximum Gasteiger partial charge on any atom is 0.271 e. The lowest BCUT2D eigenvalue weighted by Gasteiger charge is -2.24. The van der Waals surface area contributed by atoms with Gasteiger partial charge >= 0.3 is 0 Å². The maximum absolute atomic E-state index is 10.6. The van der Waals surface area contributed by atoms with Gasteiger partial charge < -0.3 is 9.64 Å². The lowest BCUT2D eigenvalue weighted by atomic mass is 10.3. The number of morpholine rings is 1. The fourth-order valence-corrected chi connectivity index (χ4v) is 1.53. The molecule has 1 aromatic carbocycles. The molecular formula is C11H13N3O3. The van der Waals surface area contributed by atoms with Gasteiger partial charge in [0.25, 0.3) is 5.69 Å². The first-order valence-corrected chi connectivity index (χ1v) is 5.36. The van der Waals surface area contributed by atoms with Crippen LogP contribution in [0.25, 0.3) is 0 Å². The van der Waals surface area contributed by atoms with E-state index in [1.165, 1.54) is 12.1 Å². The Bertz CT molecular complexity index is 428. The second-order valence-corrected chi connectivity index (χ2v) is 3.67. The van der Waals surface area contributed by atoms with Gasteiger partial charge in [-0.3, -0.25) is 10.1 Å². The molecule has 1 aliphatic heterocycles. The quantitative estimate of drug-likeness (QED) is 0.345. The van der Waals surface area contributed by atoms with E-state index in [2.05, 4.69) is 4.99 Å². The standard InChI is InChI=1S/C11H13N3O3/c15-14(16)11-3-1-2-10(8-11)12-9-13-4-6-17-7-5-13/h1-3,8-9H,4-7H2. The summed E-state index contributed by atoms with van der Waals surface area (Å²) in [6.07, 6.45) is 1.71. The molecule has 0 radical (unpaired) electrons. The number of nitro groups is 1. The van der Waals surface area contributed by atoms with E-state index in [4.69, 9.17) is 4.74 Å². The van der Waals surface area contributed by atoms with Crippen molar-refractivity contribution in [3.63, 3.8) is 0 Å². The summed E-state index contributed by atoms with van der Waals surface area (Å²) in [7, 11) is 0. The number of aliphatic imine (C=N–C) groups is 1. The molecule has 1 heterocycles. The molecule has 0 amide bonds. The first-order chi connectivity index (χ1) is 8.25. The Morgan fingerprint density at radius 2 is 2.18 bits per heavy atom. The molecule has 90 valence electrons. The Labute approximate surface area is 98.7 Å². The van der Waals surface area contributed by atoms with E-state index >= 15 is 0 Å². The van der Waals surface area contributed by atoms with Crippen molar-refractivity contribution in [3.8, 4) is 0 Å². The van der Waals surface area contributed by atoms with Crippen LogP contribution in [0.15, 0.2) is 29.3 Å². The SMILES string of the molecule is O=[N+]([O-])c1cccc(N=CN2CCOCC2)c1. The van der Waals surface area contributed by atoms with Gasteiger partial charge in [-0.1, -0.05) is 6.07 Å². The van der Waals surface area contributed by atoms with Gasteiger partial charge in [-0.15, -0.1) is 0 Å². The molecule has 0 N–H and O–H groups in total. The molecule has 6 nitrogen and oxygen atoms in total. The number of ether oxygens (including phenoxy) is 1. The van der Waals surface area contributed by atoms with Crippen molar-refractivity contribution in [1.29, 1.82) is 0 Å². The van der Waals surface area contributed by atoms with Crippen LogP contribution in [-0.2, 0) is 4.74 Å². The average Bonchev–Trinajstić information content (AvgIpc) is 2.38. The van der Waals surface area contributed by atoms with E-state index in [0.717, 1.165) is 13.1 Å². The molecule has 0 atom stereocenters. The predicted octanol–water partition coefficient (Wildman–Crippen LogP) is 1.59. The minimum atomic E-state index is -0.423. The molecule has 17 heavy (non-hydrogen) atoms. The van der Waals surface area contributed by atoms with E-state index in [0.29, 0.717) is 18.9 Å². The topological polar surface area (TPSA) is 68.0 Å².